The van der Waals surface area contributed by atoms with Crippen LogP contribution < -0.4 is 10.1 Å². The third kappa shape index (κ3) is 5.60. The summed E-state index contributed by atoms with van der Waals surface area (Å²) in [4.78, 5) is 17.2. The van der Waals surface area contributed by atoms with Gasteiger partial charge in [-0.25, -0.2) is 13.6 Å². The number of urea groups is 1. The van der Waals surface area contributed by atoms with E-state index in [-0.39, 0.29) is 24.2 Å². The number of alkyl halides is 2. The lowest BCUT2D eigenvalue weighted by Crippen LogP contribution is -2.38. The lowest BCUT2D eigenvalue weighted by molar-refractivity contribution is 0.0796. The van der Waals surface area contributed by atoms with Crippen molar-refractivity contribution < 1.29 is 18.3 Å². The van der Waals surface area contributed by atoms with Crippen LogP contribution in [-0.2, 0) is 0 Å². The zero-order valence-corrected chi connectivity index (χ0v) is 11.7. The normalized spacial score (nSPS) is 11.6. The molecule has 1 aromatic rings. The van der Waals surface area contributed by atoms with Gasteiger partial charge in [-0.1, -0.05) is 6.07 Å². The Labute approximate surface area is 121 Å². The van der Waals surface area contributed by atoms with Gasteiger partial charge in [0, 0.05) is 19.2 Å². The second-order valence-electron chi connectivity index (χ2n) is 4.32. The molecule has 1 rings (SSSR count). The molecule has 0 aliphatic rings. The first-order valence-corrected chi connectivity index (χ1v) is 6.22. The van der Waals surface area contributed by atoms with Crippen molar-refractivity contribution in [1.82, 2.24) is 9.88 Å². The maximum absolute atomic E-state index is 12.0. The van der Waals surface area contributed by atoms with Crippen LogP contribution in [0.5, 0.6) is 5.88 Å². The minimum Gasteiger partial charge on any atom is -0.472 e. The van der Waals surface area contributed by atoms with Crippen molar-refractivity contribution in [2.45, 2.75) is 25.8 Å². The van der Waals surface area contributed by atoms with Gasteiger partial charge >= 0.3 is 6.03 Å². The number of nitriles is 1. The highest BCUT2D eigenvalue weighted by Gasteiger charge is 2.16. The van der Waals surface area contributed by atoms with Crippen LogP contribution in [0.4, 0.5) is 19.4 Å². The maximum atomic E-state index is 12.0. The molecule has 0 bridgehead atoms. The highest BCUT2D eigenvalue weighted by Crippen LogP contribution is 2.13. The number of carbonyl (C=O) groups excluding carboxylic acids is 1. The zero-order chi connectivity index (χ0) is 15.8. The topological polar surface area (TPSA) is 78.2 Å². The number of amides is 2. The summed E-state index contributed by atoms with van der Waals surface area (Å²) in [6.45, 7) is 0.974. The molecule has 0 aromatic carbocycles. The lowest BCUT2D eigenvalue weighted by Gasteiger charge is -2.23. The predicted molar refractivity (Wildman–Crippen MR) is 72.2 cm³/mol. The fourth-order valence-electron chi connectivity index (χ4n) is 1.38. The third-order valence-corrected chi connectivity index (χ3v) is 2.68. The molecule has 2 amide bonds. The van der Waals surface area contributed by atoms with E-state index in [1.165, 1.54) is 23.1 Å². The van der Waals surface area contributed by atoms with E-state index in [2.05, 4.69) is 10.3 Å². The van der Waals surface area contributed by atoms with E-state index in [1.54, 1.807) is 14.0 Å². The van der Waals surface area contributed by atoms with Crippen molar-refractivity contribution in [3.63, 3.8) is 0 Å². The van der Waals surface area contributed by atoms with Gasteiger partial charge < -0.3 is 9.64 Å². The number of anilines is 1. The first-order chi connectivity index (χ1) is 9.93. The van der Waals surface area contributed by atoms with Crippen molar-refractivity contribution in [3.8, 4) is 11.9 Å². The minimum absolute atomic E-state index is 0.000765. The summed E-state index contributed by atoms with van der Waals surface area (Å²) >= 11 is 0. The Morgan fingerprint density at radius 3 is 2.90 bits per heavy atom. The van der Waals surface area contributed by atoms with Crippen molar-refractivity contribution in [2.75, 3.05) is 19.0 Å². The SMILES string of the molecule is C[C@@H](CC#N)N(C)C(=O)Nc1cccc(OCC(F)F)n1. The van der Waals surface area contributed by atoms with Gasteiger partial charge in [0.15, 0.2) is 6.61 Å². The molecular formula is C13H16F2N4O2. The average molecular weight is 298 g/mol. The van der Waals surface area contributed by atoms with Crippen LogP contribution in [0, 0.1) is 11.3 Å². The third-order valence-electron chi connectivity index (χ3n) is 2.68. The van der Waals surface area contributed by atoms with Crippen LogP contribution in [0.3, 0.4) is 0 Å². The lowest BCUT2D eigenvalue weighted by atomic mass is 10.2. The Kier molecular flexibility index (Phi) is 6.33. The van der Waals surface area contributed by atoms with Gasteiger partial charge in [-0.2, -0.15) is 10.2 Å². The number of aromatic nitrogens is 1. The van der Waals surface area contributed by atoms with E-state index in [4.69, 9.17) is 10.00 Å². The number of hydrogen-bond donors (Lipinski definition) is 1. The van der Waals surface area contributed by atoms with E-state index in [1.807, 2.05) is 6.07 Å². The van der Waals surface area contributed by atoms with Gasteiger partial charge in [-0.3, -0.25) is 5.32 Å². The summed E-state index contributed by atoms with van der Waals surface area (Å²) in [5.74, 6) is 0.184. The number of halogens is 2. The van der Waals surface area contributed by atoms with E-state index < -0.39 is 19.1 Å². The number of pyridine rings is 1. The van der Waals surface area contributed by atoms with Gasteiger partial charge in [-0.15, -0.1) is 0 Å². The van der Waals surface area contributed by atoms with Gasteiger partial charge in [0.25, 0.3) is 6.43 Å². The molecule has 21 heavy (non-hydrogen) atoms. The van der Waals surface area contributed by atoms with Crippen LogP contribution >= 0.6 is 0 Å². The zero-order valence-electron chi connectivity index (χ0n) is 11.7. The number of carbonyl (C=O) groups is 1. The summed E-state index contributed by atoms with van der Waals surface area (Å²) in [7, 11) is 1.55. The number of nitrogens with zero attached hydrogens (tertiary/aromatic N) is 3. The predicted octanol–water partition coefficient (Wildman–Crippen LogP) is 2.49. The van der Waals surface area contributed by atoms with Gasteiger partial charge in [0.1, 0.15) is 5.82 Å². The van der Waals surface area contributed by atoms with Crippen LogP contribution in [0.25, 0.3) is 0 Å². The Balaban J connectivity index is 2.64. The summed E-state index contributed by atoms with van der Waals surface area (Å²) in [5, 5.41) is 11.1. The molecule has 0 saturated heterocycles. The molecule has 1 heterocycles. The van der Waals surface area contributed by atoms with E-state index in [9.17, 15) is 13.6 Å². The molecule has 0 aliphatic carbocycles. The van der Waals surface area contributed by atoms with Crippen LogP contribution in [0.15, 0.2) is 18.2 Å². The second kappa shape index (κ2) is 7.99. The molecule has 0 spiro atoms. The standard InChI is InChI=1S/C13H16F2N4O2/c1-9(6-7-16)19(2)13(20)18-11-4-3-5-12(17-11)21-8-10(14)15/h3-5,9-10H,6,8H2,1-2H3,(H,17,18,20)/t9-/m0/s1. The fourth-order valence-corrected chi connectivity index (χ4v) is 1.38. The molecule has 114 valence electrons. The fraction of sp³-hybridized carbons (Fsp3) is 0.462. The Morgan fingerprint density at radius 1 is 1.57 bits per heavy atom. The van der Waals surface area contributed by atoms with Crippen molar-refractivity contribution in [3.05, 3.63) is 18.2 Å². The monoisotopic (exact) mass is 298 g/mol. The molecule has 0 unspecified atom stereocenters. The number of ether oxygens (including phenoxy) is 1. The summed E-state index contributed by atoms with van der Waals surface area (Å²) in [6.07, 6.45) is -2.39. The molecular weight excluding hydrogens is 282 g/mol. The quantitative estimate of drug-likeness (QED) is 0.875. The van der Waals surface area contributed by atoms with Crippen molar-refractivity contribution in [1.29, 1.82) is 5.26 Å². The number of rotatable bonds is 6. The first kappa shape index (κ1) is 16.6. The largest absolute Gasteiger partial charge is 0.472 e. The summed E-state index contributed by atoms with van der Waals surface area (Å²) < 4.78 is 28.9. The Morgan fingerprint density at radius 2 is 2.29 bits per heavy atom. The Bertz CT molecular complexity index is 519. The van der Waals surface area contributed by atoms with Crippen LogP contribution in [0.2, 0.25) is 0 Å². The maximum Gasteiger partial charge on any atom is 0.323 e. The summed E-state index contributed by atoms with van der Waals surface area (Å²) in [6, 6.07) is 5.73. The van der Waals surface area contributed by atoms with Gasteiger partial charge in [0.2, 0.25) is 5.88 Å². The van der Waals surface area contributed by atoms with Crippen LogP contribution in [-0.4, -0.2) is 42.0 Å². The highest BCUT2D eigenvalue weighted by atomic mass is 19.3. The molecule has 0 aliphatic heterocycles. The van der Waals surface area contributed by atoms with E-state index in [0.717, 1.165) is 0 Å². The molecule has 8 heteroatoms. The highest BCUT2D eigenvalue weighted by molar-refractivity contribution is 5.88. The molecule has 6 nitrogen and oxygen atoms in total. The van der Waals surface area contributed by atoms with Crippen molar-refractivity contribution >= 4 is 11.8 Å². The molecule has 1 atom stereocenters. The van der Waals surface area contributed by atoms with Crippen molar-refractivity contribution in [2.24, 2.45) is 0 Å². The average Bonchev–Trinajstić information content (AvgIpc) is 2.45. The number of hydrogen-bond acceptors (Lipinski definition) is 4. The molecule has 0 fully saturated rings. The molecule has 0 saturated carbocycles. The molecule has 1 aromatic heterocycles. The Hall–Kier alpha value is -2.43. The van der Waals surface area contributed by atoms with Gasteiger partial charge in [0.05, 0.1) is 12.5 Å². The minimum atomic E-state index is -2.59. The van der Waals surface area contributed by atoms with E-state index in [0.29, 0.717) is 0 Å². The second-order valence-corrected chi connectivity index (χ2v) is 4.32. The van der Waals surface area contributed by atoms with Gasteiger partial charge in [-0.05, 0) is 13.0 Å². The molecule has 1 N–H and O–H groups in total. The smallest absolute Gasteiger partial charge is 0.323 e. The molecule has 0 radical (unpaired) electrons. The van der Waals surface area contributed by atoms with E-state index >= 15 is 0 Å². The van der Waals surface area contributed by atoms with Crippen LogP contribution in [0.1, 0.15) is 13.3 Å². The number of nitrogens with one attached hydrogen (secondary N) is 1. The first-order valence-electron chi connectivity index (χ1n) is 6.22. The summed E-state index contributed by atoms with van der Waals surface area (Å²) in [5.41, 5.74) is 0.